The van der Waals surface area contributed by atoms with Gasteiger partial charge >= 0.3 is 0 Å². The average molecular weight is 421 g/mol. The van der Waals surface area contributed by atoms with Crippen LogP contribution in [0.2, 0.25) is 5.02 Å². The van der Waals surface area contributed by atoms with Crippen LogP contribution in [-0.2, 0) is 18.3 Å². The van der Waals surface area contributed by atoms with Crippen LogP contribution in [0.4, 0.5) is 0 Å². The van der Waals surface area contributed by atoms with Gasteiger partial charge in [-0.05, 0) is 79.8 Å². The molecule has 1 aromatic heterocycles. The van der Waals surface area contributed by atoms with Crippen LogP contribution in [-0.4, -0.2) is 36.6 Å². The third kappa shape index (κ3) is 2.98. The Kier molecular flexibility index (Phi) is 4.40. The predicted octanol–water partition coefficient (Wildman–Crippen LogP) is 5.60. The maximum atomic E-state index is 6.55. The van der Waals surface area contributed by atoms with Crippen molar-refractivity contribution in [3.8, 4) is 5.75 Å². The number of methoxy groups -OCH3 is 1. The zero-order valence-electron chi connectivity index (χ0n) is 17.6. The van der Waals surface area contributed by atoms with Crippen LogP contribution in [0.5, 0.6) is 5.75 Å². The lowest BCUT2D eigenvalue weighted by Crippen LogP contribution is -2.54. The lowest BCUT2D eigenvalue weighted by molar-refractivity contribution is 0.0783. The number of aromatic amines is 1. The van der Waals surface area contributed by atoms with Crippen molar-refractivity contribution < 1.29 is 4.74 Å². The van der Waals surface area contributed by atoms with Gasteiger partial charge in [0.25, 0.3) is 0 Å². The number of aromatic nitrogens is 1. The Hall–Kier alpha value is -1.97. The summed E-state index contributed by atoms with van der Waals surface area (Å²) in [6.07, 6.45) is 6.23. The van der Waals surface area contributed by atoms with Crippen LogP contribution in [0, 0.1) is 11.8 Å². The summed E-state index contributed by atoms with van der Waals surface area (Å²) in [4.78, 5) is 6.46. The largest absolute Gasteiger partial charge is 0.497 e. The minimum absolute atomic E-state index is 0.162. The molecule has 3 aliphatic rings. The smallest absolute Gasteiger partial charge is 0.119 e. The van der Waals surface area contributed by atoms with E-state index >= 15 is 0 Å². The second-order valence-electron chi connectivity index (χ2n) is 9.66. The van der Waals surface area contributed by atoms with Crippen LogP contribution in [0.15, 0.2) is 42.5 Å². The molecule has 2 fully saturated rings. The molecule has 3 aromatic rings. The van der Waals surface area contributed by atoms with E-state index in [1.807, 2.05) is 6.07 Å². The van der Waals surface area contributed by atoms with Crippen molar-refractivity contribution >= 4 is 22.5 Å². The highest BCUT2D eigenvalue weighted by Crippen LogP contribution is 2.50. The topological polar surface area (TPSA) is 28.3 Å². The van der Waals surface area contributed by atoms with E-state index in [-0.39, 0.29) is 5.41 Å². The number of para-hydroxylation sites is 1. The number of hydrogen-bond acceptors (Lipinski definition) is 2. The molecule has 0 radical (unpaired) electrons. The first-order valence-corrected chi connectivity index (χ1v) is 11.7. The summed E-state index contributed by atoms with van der Waals surface area (Å²) >= 11 is 6.55. The molecule has 156 valence electrons. The van der Waals surface area contributed by atoms with Crippen molar-refractivity contribution in [1.29, 1.82) is 0 Å². The Morgan fingerprint density at radius 3 is 2.90 bits per heavy atom. The van der Waals surface area contributed by atoms with Gasteiger partial charge in [0.1, 0.15) is 5.75 Å². The molecule has 1 saturated heterocycles. The molecule has 2 aromatic carbocycles. The molecule has 1 saturated carbocycles. The third-order valence-electron chi connectivity index (χ3n) is 7.91. The van der Waals surface area contributed by atoms with Gasteiger partial charge in [-0.2, -0.15) is 0 Å². The standard InChI is InChI=1S/C26H29ClN2O/c1-30-20-5-2-4-18(12-20)26-10-11-29(15-17-8-9-17)16-19(26)13-22-21-6-3-7-23(27)25(21)28-24(22)14-26/h2-7,12,17,19,28H,8-11,13-16H2,1H3. The van der Waals surface area contributed by atoms with E-state index in [4.69, 9.17) is 16.3 Å². The molecule has 1 aliphatic heterocycles. The molecule has 2 heterocycles. The first kappa shape index (κ1) is 18.8. The highest BCUT2D eigenvalue weighted by Gasteiger charge is 2.48. The summed E-state index contributed by atoms with van der Waals surface area (Å²) in [6, 6.07) is 15.1. The van der Waals surface area contributed by atoms with E-state index in [1.165, 1.54) is 61.1 Å². The van der Waals surface area contributed by atoms with Crippen molar-refractivity contribution in [2.24, 2.45) is 11.8 Å². The number of nitrogens with one attached hydrogen (secondary N) is 1. The van der Waals surface area contributed by atoms with Crippen LogP contribution < -0.4 is 4.74 Å². The number of piperidine rings is 1. The Bertz CT molecular complexity index is 1100. The maximum Gasteiger partial charge on any atom is 0.119 e. The number of hydrogen-bond donors (Lipinski definition) is 1. The number of halogens is 1. The number of ether oxygens (including phenoxy) is 1. The Labute approximate surface area is 183 Å². The monoisotopic (exact) mass is 420 g/mol. The van der Waals surface area contributed by atoms with Gasteiger partial charge in [0, 0.05) is 29.6 Å². The number of H-pyrrole nitrogens is 1. The van der Waals surface area contributed by atoms with Crippen LogP contribution >= 0.6 is 11.6 Å². The zero-order valence-corrected chi connectivity index (χ0v) is 18.3. The molecule has 2 aliphatic carbocycles. The summed E-state index contributed by atoms with van der Waals surface area (Å²) < 4.78 is 5.60. The van der Waals surface area contributed by atoms with Crippen LogP contribution in [0.25, 0.3) is 10.9 Å². The van der Waals surface area contributed by atoms with Crippen molar-refractivity contribution in [3.05, 3.63) is 64.3 Å². The summed E-state index contributed by atoms with van der Waals surface area (Å²) in [5.41, 5.74) is 5.58. The molecular weight excluding hydrogens is 392 g/mol. The zero-order chi connectivity index (χ0) is 20.3. The molecule has 1 N–H and O–H groups in total. The van der Waals surface area contributed by atoms with E-state index in [1.54, 1.807) is 7.11 Å². The molecule has 3 nitrogen and oxygen atoms in total. The van der Waals surface area contributed by atoms with E-state index in [0.717, 1.165) is 35.0 Å². The van der Waals surface area contributed by atoms with Gasteiger partial charge in [-0.1, -0.05) is 35.9 Å². The Morgan fingerprint density at radius 1 is 1.20 bits per heavy atom. The van der Waals surface area contributed by atoms with Gasteiger partial charge in [0.15, 0.2) is 0 Å². The fourth-order valence-electron chi connectivity index (χ4n) is 6.12. The Morgan fingerprint density at radius 2 is 2.07 bits per heavy atom. The molecule has 6 rings (SSSR count). The third-order valence-corrected chi connectivity index (χ3v) is 8.23. The quantitative estimate of drug-likeness (QED) is 0.595. The first-order chi connectivity index (χ1) is 14.7. The summed E-state index contributed by atoms with van der Waals surface area (Å²) in [5.74, 6) is 2.52. The molecule has 0 amide bonds. The van der Waals surface area contributed by atoms with Crippen molar-refractivity contribution in [2.75, 3.05) is 26.7 Å². The fraction of sp³-hybridized carbons (Fsp3) is 0.462. The van der Waals surface area contributed by atoms with Gasteiger partial charge in [0.05, 0.1) is 17.6 Å². The number of rotatable bonds is 4. The van der Waals surface area contributed by atoms with Gasteiger partial charge in [-0.25, -0.2) is 0 Å². The highest BCUT2D eigenvalue weighted by molar-refractivity contribution is 6.35. The molecule has 4 heteroatoms. The molecule has 2 unspecified atom stereocenters. The average Bonchev–Trinajstić information content (AvgIpc) is 3.51. The SMILES string of the molecule is COc1cccc(C23CCN(CC4CC4)CC2Cc2c([nH]c4c(Cl)cccc24)C3)c1. The van der Waals surface area contributed by atoms with Crippen molar-refractivity contribution in [3.63, 3.8) is 0 Å². The number of fused-ring (bicyclic) bond motifs is 4. The minimum Gasteiger partial charge on any atom is -0.497 e. The molecular formula is C26H29ClN2O. The molecule has 2 atom stereocenters. The first-order valence-electron chi connectivity index (χ1n) is 11.3. The maximum absolute atomic E-state index is 6.55. The van der Waals surface area contributed by atoms with Crippen LogP contribution in [0.3, 0.4) is 0 Å². The van der Waals surface area contributed by atoms with E-state index in [2.05, 4.69) is 46.3 Å². The molecule has 0 spiro atoms. The summed E-state index contributed by atoms with van der Waals surface area (Å²) in [7, 11) is 1.77. The van der Waals surface area contributed by atoms with Crippen LogP contribution in [0.1, 0.15) is 36.1 Å². The predicted molar refractivity (Wildman–Crippen MR) is 123 cm³/mol. The summed E-state index contributed by atoms with van der Waals surface area (Å²) in [6.45, 7) is 3.68. The highest BCUT2D eigenvalue weighted by atomic mass is 35.5. The van der Waals surface area contributed by atoms with E-state index in [0.29, 0.717) is 5.92 Å². The lowest BCUT2D eigenvalue weighted by atomic mass is 9.58. The summed E-state index contributed by atoms with van der Waals surface area (Å²) in [5, 5.41) is 2.15. The van der Waals surface area contributed by atoms with Crippen molar-refractivity contribution in [1.82, 2.24) is 9.88 Å². The van der Waals surface area contributed by atoms with Gasteiger partial charge in [0.2, 0.25) is 0 Å². The number of benzene rings is 2. The second kappa shape index (κ2) is 7.03. The number of nitrogens with zero attached hydrogens (tertiary/aromatic N) is 1. The minimum atomic E-state index is 0.162. The van der Waals surface area contributed by atoms with Gasteiger partial charge in [-0.3, -0.25) is 0 Å². The molecule has 30 heavy (non-hydrogen) atoms. The fourth-order valence-corrected chi connectivity index (χ4v) is 6.34. The van der Waals surface area contributed by atoms with E-state index < -0.39 is 0 Å². The van der Waals surface area contributed by atoms with Gasteiger partial charge < -0.3 is 14.6 Å². The number of likely N-dealkylation sites (tertiary alicyclic amines) is 1. The van der Waals surface area contributed by atoms with Crippen molar-refractivity contribution in [2.45, 2.75) is 37.5 Å². The van der Waals surface area contributed by atoms with E-state index in [9.17, 15) is 0 Å². The second-order valence-corrected chi connectivity index (χ2v) is 10.1. The Balaban J connectivity index is 1.45. The van der Waals surface area contributed by atoms with Gasteiger partial charge in [-0.15, -0.1) is 0 Å². The molecule has 0 bridgehead atoms. The normalized spacial score (nSPS) is 26.4. The lowest BCUT2D eigenvalue weighted by Gasteiger charge is -2.51.